The van der Waals surface area contributed by atoms with Gasteiger partial charge in [-0.25, -0.2) is 4.68 Å². The Balaban J connectivity index is 2.01. The lowest BCUT2D eigenvalue weighted by Crippen LogP contribution is -2.03. The molecule has 18 heavy (non-hydrogen) atoms. The van der Waals surface area contributed by atoms with Crippen LogP contribution in [-0.4, -0.2) is 31.7 Å². The Kier molecular flexibility index (Phi) is 4.00. The molecule has 1 unspecified atom stereocenters. The van der Waals surface area contributed by atoms with Gasteiger partial charge in [-0.05, 0) is 13.8 Å². The van der Waals surface area contributed by atoms with Crippen LogP contribution in [0.1, 0.15) is 37.4 Å². The van der Waals surface area contributed by atoms with Gasteiger partial charge in [0.2, 0.25) is 5.89 Å². The summed E-state index contributed by atoms with van der Waals surface area (Å²) in [5, 5.41) is 11.6. The smallest absolute Gasteiger partial charge is 0.248 e. The maximum atomic E-state index is 5.45. The van der Waals surface area contributed by atoms with Crippen LogP contribution in [0.4, 0.5) is 0 Å². The maximum Gasteiger partial charge on any atom is 0.248 e. The number of aromatic nitrogens is 5. The molecular formula is C10H16N6O2. The van der Waals surface area contributed by atoms with Gasteiger partial charge in [0.1, 0.15) is 12.6 Å². The second-order valence-corrected chi connectivity index (χ2v) is 3.76. The van der Waals surface area contributed by atoms with Crippen molar-refractivity contribution in [2.24, 2.45) is 5.73 Å². The van der Waals surface area contributed by atoms with Gasteiger partial charge in [0.25, 0.3) is 0 Å². The quantitative estimate of drug-likeness (QED) is 0.786. The molecule has 0 aromatic carbocycles. The fourth-order valence-corrected chi connectivity index (χ4v) is 1.47. The van der Waals surface area contributed by atoms with Crippen LogP contribution >= 0.6 is 0 Å². The van der Waals surface area contributed by atoms with Gasteiger partial charge in [-0.15, -0.1) is 5.10 Å². The molecular weight excluding hydrogens is 236 g/mol. The highest BCUT2D eigenvalue weighted by Crippen LogP contribution is 2.13. The molecule has 0 aliphatic carbocycles. The number of ether oxygens (including phenoxy) is 1. The van der Waals surface area contributed by atoms with Gasteiger partial charge in [0, 0.05) is 13.2 Å². The molecule has 0 fully saturated rings. The molecule has 0 radical (unpaired) electrons. The third kappa shape index (κ3) is 2.90. The molecule has 8 nitrogen and oxygen atoms in total. The minimum atomic E-state index is -0.178. The van der Waals surface area contributed by atoms with E-state index in [9.17, 15) is 0 Å². The molecule has 8 heteroatoms. The third-order valence-electron chi connectivity index (χ3n) is 2.36. The summed E-state index contributed by atoms with van der Waals surface area (Å²) in [5.41, 5.74) is 6.17. The van der Waals surface area contributed by atoms with Crippen LogP contribution in [-0.2, 0) is 17.8 Å². The van der Waals surface area contributed by atoms with E-state index in [1.165, 1.54) is 0 Å². The summed E-state index contributed by atoms with van der Waals surface area (Å²) in [6.45, 7) is 5.13. The summed E-state index contributed by atoms with van der Waals surface area (Å²) in [7, 11) is 0. The topological polar surface area (TPSA) is 105 Å². The predicted octanol–water partition coefficient (Wildman–Crippen LogP) is 0.266. The monoisotopic (exact) mass is 252 g/mol. The summed E-state index contributed by atoms with van der Waals surface area (Å²) in [6.07, 6.45) is 1.57. The SMILES string of the molecule is CCOC(C)c1noc(Cn2cc(CN)nn2)n1. The van der Waals surface area contributed by atoms with E-state index in [1.54, 1.807) is 10.9 Å². The summed E-state index contributed by atoms with van der Waals surface area (Å²) < 4.78 is 12.1. The molecule has 0 bridgehead atoms. The Morgan fingerprint density at radius 2 is 2.39 bits per heavy atom. The van der Waals surface area contributed by atoms with Gasteiger partial charge in [0.15, 0.2) is 5.82 Å². The van der Waals surface area contributed by atoms with Crippen molar-refractivity contribution in [3.8, 4) is 0 Å². The van der Waals surface area contributed by atoms with Crippen molar-refractivity contribution in [3.05, 3.63) is 23.6 Å². The highest BCUT2D eigenvalue weighted by atomic mass is 16.5. The van der Waals surface area contributed by atoms with Crippen molar-refractivity contribution in [2.75, 3.05) is 6.61 Å². The maximum absolute atomic E-state index is 5.45. The molecule has 2 aromatic heterocycles. The first-order chi connectivity index (χ1) is 8.72. The van der Waals surface area contributed by atoms with Crippen LogP contribution < -0.4 is 5.73 Å². The molecule has 2 aromatic rings. The summed E-state index contributed by atoms with van der Waals surface area (Å²) in [5.74, 6) is 0.996. The van der Waals surface area contributed by atoms with E-state index >= 15 is 0 Å². The molecule has 0 aliphatic rings. The summed E-state index contributed by atoms with van der Waals surface area (Å²) >= 11 is 0. The van der Waals surface area contributed by atoms with Crippen molar-refractivity contribution in [1.82, 2.24) is 25.1 Å². The second-order valence-electron chi connectivity index (χ2n) is 3.76. The van der Waals surface area contributed by atoms with Crippen LogP contribution in [0.15, 0.2) is 10.7 Å². The van der Waals surface area contributed by atoms with Gasteiger partial charge >= 0.3 is 0 Å². The van der Waals surface area contributed by atoms with Crippen molar-refractivity contribution < 1.29 is 9.26 Å². The Morgan fingerprint density at radius 3 is 3.06 bits per heavy atom. The van der Waals surface area contributed by atoms with Gasteiger partial charge in [-0.3, -0.25) is 0 Å². The molecule has 2 N–H and O–H groups in total. The van der Waals surface area contributed by atoms with Crippen LogP contribution in [0.5, 0.6) is 0 Å². The number of nitrogens with two attached hydrogens (primary N) is 1. The number of hydrogen-bond acceptors (Lipinski definition) is 7. The van der Waals surface area contributed by atoms with E-state index < -0.39 is 0 Å². The Labute approximate surface area is 104 Å². The van der Waals surface area contributed by atoms with Gasteiger partial charge in [-0.1, -0.05) is 10.4 Å². The second kappa shape index (κ2) is 5.69. The van der Waals surface area contributed by atoms with Gasteiger partial charge in [0.05, 0.1) is 11.9 Å². The van der Waals surface area contributed by atoms with Gasteiger partial charge in [-0.2, -0.15) is 4.98 Å². The molecule has 2 heterocycles. The van der Waals surface area contributed by atoms with Crippen LogP contribution in [0.25, 0.3) is 0 Å². The molecule has 1 atom stereocenters. The zero-order valence-electron chi connectivity index (χ0n) is 10.4. The van der Waals surface area contributed by atoms with E-state index in [1.807, 2.05) is 13.8 Å². The highest BCUT2D eigenvalue weighted by molar-refractivity contribution is 4.94. The fraction of sp³-hybridized carbons (Fsp3) is 0.600. The molecule has 98 valence electrons. The summed E-state index contributed by atoms with van der Waals surface area (Å²) in [4.78, 5) is 4.24. The Morgan fingerprint density at radius 1 is 1.56 bits per heavy atom. The predicted molar refractivity (Wildman–Crippen MR) is 61.4 cm³/mol. The van der Waals surface area contributed by atoms with Gasteiger partial charge < -0.3 is 15.0 Å². The Hall–Kier alpha value is -1.80. The van der Waals surface area contributed by atoms with Crippen molar-refractivity contribution in [2.45, 2.75) is 33.0 Å². The molecule has 0 aliphatic heterocycles. The van der Waals surface area contributed by atoms with E-state index in [0.29, 0.717) is 31.4 Å². The number of hydrogen-bond donors (Lipinski definition) is 1. The first kappa shape index (κ1) is 12.7. The molecule has 0 amide bonds. The first-order valence-corrected chi connectivity index (χ1v) is 5.76. The standard InChI is InChI=1S/C10H16N6O2/c1-3-17-7(2)10-12-9(18-14-10)6-16-5-8(4-11)13-15-16/h5,7H,3-4,6,11H2,1-2H3. The largest absolute Gasteiger partial charge is 0.371 e. The zero-order chi connectivity index (χ0) is 13.0. The van der Waals surface area contributed by atoms with Crippen LogP contribution in [0.3, 0.4) is 0 Å². The first-order valence-electron chi connectivity index (χ1n) is 5.76. The zero-order valence-corrected chi connectivity index (χ0v) is 10.4. The minimum absolute atomic E-state index is 0.178. The molecule has 0 spiro atoms. The lowest BCUT2D eigenvalue weighted by molar-refractivity contribution is 0.0683. The van der Waals surface area contributed by atoms with Crippen molar-refractivity contribution in [1.29, 1.82) is 0 Å². The number of nitrogens with zero attached hydrogens (tertiary/aromatic N) is 5. The van der Waals surface area contributed by atoms with E-state index in [-0.39, 0.29) is 6.10 Å². The van der Waals surface area contributed by atoms with Crippen LogP contribution in [0.2, 0.25) is 0 Å². The minimum Gasteiger partial charge on any atom is -0.371 e. The van der Waals surface area contributed by atoms with Crippen LogP contribution in [0, 0.1) is 0 Å². The lowest BCUT2D eigenvalue weighted by atomic mass is 10.4. The molecule has 2 rings (SSSR count). The van der Waals surface area contributed by atoms with Crippen molar-refractivity contribution >= 4 is 0 Å². The van der Waals surface area contributed by atoms with E-state index in [2.05, 4.69) is 20.5 Å². The fourth-order valence-electron chi connectivity index (χ4n) is 1.47. The Bertz CT molecular complexity index is 494. The average Bonchev–Trinajstić information content (AvgIpc) is 2.99. The number of rotatable bonds is 6. The van der Waals surface area contributed by atoms with E-state index in [0.717, 1.165) is 5.69 Å². The highest BCUT2D eigenvalue weighted by Gasteiger charge is 2.14. The van der Waals surface area contributed by atoms with E-state index in [4.69, 9.17) is 15.0 Å². The third-order valence-corrected chi connectivity index (χ3v) is 2.36. The normalized spacial score (nSPS) is 12.8. The lowest BCUT2D eigenvalue weighted by Gasteiger charge is -2.04. The molecule has 0 saturated carbocycles. The summed E-state index contributed by atoms with van der Waals surface area (Å²) in [6, 6.07) is 0. The molecule has 0 saturated heterocycles. The van der Waals surface area contributed by atoms with Crippen molar-refractivity contribution in [3.63, 3.8) is 0 Å². The average molecular weight is 252 g/mol.